The summed E-state index contributed by atoms with van der Waals surface area (Å²) in [6, 6.07) is 0. The Bertz CT molecular complexity index is 913. The third kappa shape index (κ3) is 4.21. The van der Waals surface area contributed by atoms with Crippen LogP contribution in [0.4, 0.5) is 0 Å². The molecule has 0 amide bonds. The molecule has 3 rings (SSSR count). The van der Waals surface area contributed by atoms with E-state index in [1.165, 1.54) is 24.3 Å². The third-order valence-corrected chi connectivity index (χ3v) is 4.69. The van der Waals surface area contributed by atoms with Crippen LogP contribution in [0.15, 0.2) is 12.7 Å². The molecule has 1 aliphatic rings. The second kappa shape index (κ2) is 8.92. The molecular weight excluding hydrogens is 396 g/mol. The molecule has 11 heteroatoms. The normalized spacial score (nSPS) is 23.9. The number of aliphatic hydroxyl groups excluding tert-OH is 1. The summed E-state index contributed by atoms with van der Waals surface area (Å²) >= 11 is 0. The summed E-state index contributed by atoms with van der Waals surface area (Å²) in [6.45, 7) is 6.59. The van der Waals surface area contributed by atoms with Gasteiger partial charge >= 0.3 is 11.9 Å². The van der Waals surface area contributed by atoms with Gasteiger partial charge in [0.1, 0.15) is 25.1 Å². The maximum atomic E-state index is 12.2. The number of methoxy groups -OCH3 is 1. The summed E-state index contributed by atoms with van der Waals surface area (Å²) in [5.41, 5.74) is 0.770. The van der Waals surface area contributed by atoms with Crippen LogP contribution in [0.2, 0.25) is 0 Å². The standard InChI is InChI=1S/C19H26N4O7/c1-9(2)18(25)28-6-11-13(24)14(30-19(26)10(3)4)17(29-11)23-8-22-12-15(23)20-7-21-16(12)27-5/h7-11,13-14,17,24H,6H2,1-5H3. The van der Waals surface area contributed by atoms with Gasteiger partial charge in [0, 0.05) is 0 Å². The van der Waals surface area contributed by atoms with E-state index in [2.05, 4.69) is 15.0 Å². The predicted octanol–water partition coefficient (Wildman–Crippen LogP) is 0.860. The van der Waals surface area contributed by atoms with Crippen LogP contribution in [0.1, 0.15) is 33.9 Å². The molecule has 11 nitrogen and oxygen atoms in total. The highest BCUT2D eigenvalue weighted by molar-refractivity contribution is 5.76. The average Bonchev–Trinajstić information content (AvgIpc) is 3.27. The summed E-state index contributed by atoms with van der Waals surface area (Å²) in [5, 5.41) is 10.8. The quantitative estimate of drug-likeness (QED) is 0.640. The van der Waals surface area contributed by atoms with Crippen LogP contribution >= 0.6 is 0 Å². The number of ether oxygens (including phenoxy) is 4. The minimum absolute atomic E-state index is 0.185. The first-order valence-corrected chi connectivity index (χ1v) is 9.66. The molecule has 164 valence electrons. The van der Waals surface area contributed by atoms with E-state index in [0.717, 1.165) is 0 Å². The van der Waals surface area contributed by atoms with Crippen LogP contribution in [-0.2, 0) is 23.8 Å². The van der Waals surface area contributed by atoms with Crippen molar-refractivity contribution in [2.75, 3.05) is 13.7 Å². The van der Waals surface area contributed by atoms with Crippen LogP contribution < -0.4 is 4.74 Å². The summed E-state index contributed by atoms with van der Waals surface area (Å²) in [7, 11) is 1.46. The Morgan fingerprint density at radius 1 is 1.17 bits per heavy atom. The van der Waals surface area contributed by atoms with E-state index >= 15 is 0 Å². The van der Waals surface area contributed by atoms with Gasteiger partial charge in [0.2, 0.25) is 5.88 Å². The van der Waals surface area contributed by atoms with Gasteiger partial charge < -0.3 is 24.1 Å². The Kier molecular flexibility index (Phi) is 6.52. The van der Waals surface area contributed by atoms with Crippen molar-refractivity contribution in [2.24, 2.45) is 11.8 Å². The van der Waals surface area contributed by atoms with Gasteiger partial charge in [-0.1, -0.05) is 27.7 Å². The van der Waals surface area contributed by atoms with Gasteiger partial charge in [-0.2, -0.15) is 4.98 Å². The first-order valence-electron chi connectivity index (χ1n) is 9.66. The number of hydrogen-bond acceptors (Lipinski definition) is 10. The van der Waals surface area contributed by atoms with Gasteiger partial charge in [-0.25, -0.2) is 9.97 Å². The van der Waals surface area contributed by atoms with E-state index in [-0.39, 0.29) is 18.4 Å². The highest BCUT2D eigenvalue weighted by Crippen LogP contribution is 2.35. The number of hydrogen-bond donors (Lipinski definition) is 1. The smallest absolute Gasteiger partial charge is 0.308 e. The molecule has 1 saturated heterocycles. The van der Waals surface area contributed by atoms with Crippen molar-refractivity contribution in [3.05, 3.63) is 12.7 Å². The SMILES string of the molecule is COc1ncnc2c1ncn2C1OC(COC(=O)C(C)C)C(O)C1OC(=O)C(C)C. The van der Waals surface area contributed by atoms with Crippen molar-refractivity contribution < 1.29 is 33.6 Å². The first-order chi connectivity index (χ1) is 14.2. The molecule has 4 unspecified atom stereocenters. The fraction of sp³-hybridized carbons (Fsp3) is 0.632. The third-order valence-electron chi connectivity index (χ3n) is 4.69. The van der Waals surface area contributed by atoms with Crippen molar-refractivity contribution in [2.45, 2.75) is 52.2 Å². The molecule has 0 saturated carbocycles. The van der Waals surface area contributed by atoms with E-state index in [1.54, 1.807) is 27.7 Å². The van der Waals surface area contributed by atoms with Crippen molar-refractivity contribution in [1.82, 2.24) is 19.5 Å². The molecule has 4 atom stereocenters. The van der Waals surface area contributed by atoms with Crippen LogP contribution in [0.3, 0.4) is 0 Å². The molecule has 1 aliphatic heterocycles. The zero-order valence-electron chi connectivity index (χ0n) is 17.5. The second-order valence-corrected chi connectivity index (χ2v) is 7.60. The van der Waals surface area contributed by atoms with Crippen molar-refractivity contribution >= 4 is 23.1 Å². The van der Waals surface area contributed by atoms with Crippen molar-refractivity contribution in [3.8, 4) is 5.88 Å². The van der Waals surface area contributed by atoms with Gasteiger partial charge in [-0.15, -0.1) is 0 Å². The molecule has 2 aromatic heterocycles. The molecule has 2 aromatic rings. The topological polar surface area (TPSA) is 135 Å². The molecule has 0 spiro atoms. The zero-order chi connectivity index (χ0) is 22.0. The highest BCUT2D eigenvalue weighted by Gasteiger charge is 2.48. The van der Waals surface area contributed by atoms with E-state index in [0.29, 0.717) is 11.2 Å². The molecule has 1 N–H and O–H groups in total. The van der Waals surface area contributed by atoms with Crippen LogP contribution in [0.5, 0.6) is 5.88 Å². The molecule has 3 heterocycles. The molecule has 0 aromatic carbocycles. The van der Waals surface area contributed by atoms with E-state index in [4.69, 9.17) is 18.9 Å². The maximum Gasteiger partial charge on any atom is 0.308 e. The minimum Gasteiger partial charge on any atom is -0.479 e. The Hall–Kier alpha value is -2.79. The van der Waals surface area contributed by atoms with Crippen molar-refractivity contribution in [1.29, 1.82) is 0 Å². The Morgan fingerprint density at radius 2 is 1.87 bits per heavy atom. The summed E-state index contributed by atoms with van der Waals surface area (Å²) in [5.74, 6) is -1.37. The fourth-order valence-electron chi connectivity index (χ4n) is 2.97. The lowest BCUT2D eigenvalue weighted by atomic mass is 10.1. The van der Waals surface area contributed by atoms with Gasteiger partial charge in [0.25, 0.3) is 0 Å². The number of carbonyl (C=O) groups is 2. The number of nitrogens with zero attached hydrogens (tertiary/aromatic N) is 4. The number of rotatable bonds is 7. The maximum absolute atomic E-state index is 12.2. The average molecular weight is 422 g/mol. The van der Waals surface area contributed by atoms with E-state index < -0.39 is 42.4 Å². The molecular formula is C19H26N4O7. The van der Waals surface area contributed by atoms with Gasteiger partial charge in [0.05, 0.1) is 25.3 Å². The monoisotopic (exact) mass is 422 g/mol. The molecule has 0 radical (unpaired) electrons. The van der Waals surface area contributed by atoms with Gasteiger partial charge in [-0.05, 0) is 0 Å². The molecule has 0 aliphatic carbocycles. The molecule has 1 fully saturated rings. The predicted molar refractivity (Wildman–Crippen MR) is 102 cm³/mol. The number of carbonyl (C=O) groups excluding carboxylic acids is 2. The lowest BCUT2D eigenvalue weighted by Gasteiger charge is -2.22. The summed E-state index contributed by atoms with van der Waals surface area (Å²) < 4.78 is 23.4. The Labute approximate surface area is 173 Å². The zero-order valence-corrected chi connectivity index (χ0v) is 17.5. The minimum atomic E-state index is -1.22. The largest absolute Gasteiger partial charge is 0.479 e. The Balaban J connectivity index is 1.91. The Morgan fingerprint density at radius 3 is 2.50 bits per heavy atom. The number of imidazole rings is 1. The number of fused-ring (bicyclic) bond motifs is 1. The van der Waals surface area contributed by atoms with E-state index in [9.17, 15) is 14.7 Å². The summed E-state index contributed by atoms with van der Waals surface area (Å²) in [6.07, 6.45) is -1.36. The number of esters is 2. The summed E-state index contributed by atoms with van der Waals surface area (Å²) in [4.78, 5) is 36.5. The van der Waals surface area contributed by atoms with Crippen LogP contribution in [0, 0.1) is 11.8 Å². The molecule has 30 heavy (non-hydrogen) atoms. The lowest BCUT2D eigenvalue weighted by Crippen LogP contribution is -2.38. The van der Waals surface area contributed by atoms with E-state index in [1.807, 2.05) is 0 Å². The first kappa shape index (κ1) is 21.9. The number of aliphatic hydroxyl groups is 1. The fourth-order valence-corrected chi connectivity index (χ4v) is 2.97. The van der Waals surface area contributed by atoms with Gasteiger partial charge in [-0.3, -0.25) is 14.2 Å². The van der Waals surface area contributed by atoms with Crippen LogP contribution in [0.25, 0.3) is 11.2 Å². The lowest BCUT2D eigenvalue weighted by molar-refractivity contribution is -0.162. The van der Waals surface area contributed by atoms with Crippen LogP contribution in [-0.4, -0.2) is 68.6 Å². The second-order valence-electron chi connectivity index (χ2n) is 7.60. The van der Waals surface area contributed by atoms with Gasteiger partial charge in [0.15, 0.2) is 23.5 Å². The van der Waals surface area contributed by atoms with Crippen molar-refractivity contribution in [3.63, 3.8) is 0 Å². The molecule has 0 bridgehead atoms. The number of aromatic nitrogens is 4. The highest BCUT2D eigenvalue weighted by atomic mass is 16.6.